The van der Waals surface area contributed by atoms with E-state index in [9.17, 15) is 9.59 Å². The molecular formula is C19H17N5O2S3. The van der Waals surface area contributed by atoms with Gasteiger partial charge in [-0.2, -0.15) is 0 Å². The van der Waals surface area contributed by atoms with Crippen LogP contribution < -0.4 is 10.6 Å². The number of carbonyl (C=O) groups is 2. The van der Waals surface area contributed by atoms with Gasteiger partial charge < -0.3 is 10.6 Å². The number of thiazole rings is 1. The van der Waals surface area contributed by atoms with Crippen molar-refractivity contribution in [2.24, 2.45) is 0 Å². The lowest BCUT2D eigenvalue weighted by Gasteiger charge is -2.06. The number of thioether (sulfide) groups is 1. The number of benzene rings is 1. The number of anilines is 2. The number of carbonyl (C=O) groups excluding carboxylic acids is 2. The molecule has 3 heterocycles. The normalized spacial score (nSPS) is 11.1. The second kappa shape index (κ2) is 8.05. The Bertz CT molecular complexity index is 1250. The minimum atomic E-state index is -0.163. The number of aromatic nitrogens is 3. The van der Waals surface area contributed by atoms with Gasteiger partial charge in [-0.1, -0.05) is 23.1 Å². The molecule has 10 heteroatoms. The molecule has 2 N–H and O–H groups in total. The summed E-state index contributed by atoms with van der Waals surface area (Å²) in [5.74, 6) is -0.0278. The maximum absolute atomic E-state index is 12.5. The van der Waals surface area contributed by atoms with Gasteiger partial charge in [-0.25, -0.2) is 15.0 Å². The van der Waals surface area contributed by atoms with E-state index in [4.69, 9.17) is 0 Å². The Labute approximate surface area is 179 Å². The van der Waals surface area contributed by atoms with E-state index in [0.29, 0.717) is 10.8 Å². The topological polar surface area (TPSA) is 96.9 Å². The predicted octanol–water partition coefficient (Wildman–Crippen LogP) is 4.61. The van der Waals surface area contributed by atoms with E-state index >= 15 is 0 Å². The van der Waals surface area contributed by atoms with Crippen LogP contribution in [0, 0.1) is 13.8 Å². The van der Waals surface area contributed by atoms with Gasteiger partial charge >= 0.3 is 0 Å². The number of hydrogen-bond donors (Lipinski definition) is 2. The van der Waals surface area contributed by atoms with Gasteiger partial charge in [0.05, 0.1) is 16.0 Å². The average molecular weight is 444 g/mol. The van der Waals surface area contributed by atoms with E-state index in [1.165, 1.54) is 40.5 Å². The number of aryl methyl sites for hydroxylation is 2. The first-order chi connectivity index (χ1) is 13.9. The molecule has 1 aromatic carbocycles. The van der Waals surface area contributed by atoms with Crippen molar-refractivity contribution in [1.82, 2.24) is 15.0 Å². The second-order valence-corrected chi connectivity index (χ2v) is 9.56. The molecule has 0 spiro atoms. The molecule has 0 unspecified atom stereocenters. The van der Waals surface area contributed by atoms with Crippen molar-refractivity contribution >= 4 is 77.5 Å². The van der Waals surface area contributed by atoms with Gasteiger partial charge in [0, 0.05) is 22.9 Å². The first-order valence-electron chi connectivity index (χ1n) is 8.72. The number of thiophene rings is 1. The highest BCUT2D eigenvalue weighted by Crippen LogP contribution is 2.34. The van der Waals surface area contributed by atoms with Crippen LogP contribution in [-0.2, 0) is 9.59 Å². The SMILES string of the molecule is CC(=O)Nc1nc2ccc(NC(=O)CSc3ncnc4sc(C)c(C)c34)cc2s1. The van der Waals surface area contributed by atoms with Gasteiger partial charge in [0.2, 0.25) is 11.8 Å². The Kier molecular flexibility index (Phi) is 5.48. The molecule has 0 aliphatic rings. The summed E-state index contributed by atoms with van der Waals surface area (Å²) in [5, 5.41) is 7.99. The number of nitrogens with one attached hydrogen (secondary N) is 2. The third-order valence-electron chi connectivity index (χ3n) is 4.23. The standard InChI is InChI=1S/C19H17N5O2S3/c1-9-10(2)28-18-16(9)17(20-8-21-18)27-7-15(26)23-12-4-5-13-14(6-12)29-19(24-13)22-11(3)25/h4-6,8H,7H2,1-3H3,(H,23,26)(H,22,24,25). The molecule has 0 fully saturated rings. The highest BCUT2D eigenvalue weighted by atomic mass is 32.2. The number of rotatable bonds is 5. The van der Waals surface area contributed by atoms with Crippen LogP contribution >= 0.6 is 34.4 Å². The third-order valence-corrected chi connectivity index (χ3v) is 7.26. The van der Waals surface area contributed by atoms with Crippen LogP contribution in [0.15, 0.2) is 29.6 Å². The van der Waals surface area contributed by atoms with Crippen LogP contribution in [0.1, 0.15) is 17.4 Å². The van der Waals surface area contributed by atoms with Gasteiger partial charge in [-0.3, -0.25) is 9.59 Å². The number of fused-ring (bicyclic) bond motifs is 2. The van der Waals surface area contributed by atoms with E-state index in [-0.39, 0.29) is 17.6 Å². The zero-order valence-electron chi connectivity index (χ0n) is 15.9. The molecule has 0 saturated carbocycles. The van der Waals surface area contributed by atoms with E-state index in [2.05, 4.69) is 39.4 Å². The van der Waals surface area contributed by atoms with E-state index in [1.807, 2.05) is 12.1 Å². The van der Waals surface area contributed by atoms with Gasteiger partial charge in [0.25, 0.3) is 0 Å². The van der Waals surface area contributed by atoms with Gasteiger partial charge in [-0.15, -0.1) is 11.3 Å². The van der Waals surface area contributed by atoms with Crippen LogP contribution in [-0.4, -0.2) is 32.5 Å². The minimum Gasteiger partial charge on any atom is -0.325 e. The van der Waals surface area contributed by atoms with Crippen molar-refractivity contribution in [2.45, 2.75) is 25.8 Å². The smallest absolute Gasteiger partial charge is 0.234 e. The lowest BCUT2D eigenvalue weighted by molar-refractivity contribution is -0.114. The van der Waals surface area contributed by atoms with E-state index < -0.39 is 0 Å². The summed E-state index contributed by atoms with van der Waals surface area (Å²) in [6, 6.07) is 5.49. The van der Waals surface area contributed by atoms with Gasteiger partial charge in [0.1, 0.15) is 16.2 Å². The third kappa shape index (κ3) is 4.24. The summed E-state index contributed by atoms with van der Waals surface area (Å²) in [6.07, 6.45) is 1.54. The Morgan fingerprint density at radius 3 is 2.76 bits per heavy atom. The van der Waals surface area contributed by atoms with Crippen molar-refractivity contribution in [2.75, 3.05) is 16.4 Å². The second-order valence-electron chi connectivity index (χ2n) is 6.36. The summed E-state index contributed by atoms with van der Waals surface area (Å²) in [5.41, 5.74) is 2.63. The van der Waals surface area contributed by atoms with Crippen LogP contribution in [0.4, 0.5) is 10.8 Å². The fourth-order valence-electron chi connectivity index (χ4n) is 2.80. The fourth-order valence-corrected chi connectivity index (χ4v) is 5.67. The predicted molar refractivity (Wildman–Crippen MR) is 120 cm³/mol. The summed E-state index contributed by atoms with van der Waals surface area (Å²) in [7, 11) is 0. The molecular weight excluding hydrogens is 426 g/mol. The summed E-state index contributed by atoms with van der Waals surface area (Å²) < 4.78 is 0.890. The highest BCUT2D eigenvalue weighted by Gasteiger charge is 2.14. The number of nitrogens with zero attached hydrogens (tertiary/aromatic N) is 3. The summed E-state index contributed by atoms with van der Waals surface area (Å²) >= 11 is 4.41. The van der Waals surface area contributed by atoms with Crippen molar-refractivity contribution < 1.29 is 9.59 Å². The first-order valence-corrected chi connectivity index (χ1v) is 11.3. The number of amides is 2. The Hall–Kier alpha value is -2.56. The molecule has 0 bridgehead atoms. The lowest BCUT2D eigenvalue weighted by atomic mass is 10.2. The Balaban J connectivity index is 1.45. The molecule has 4 aromatic rings. The molecule has 0 radical (unpaired) electrons. The molecule has 29 heavy (non-hydrogen) atoms. The van der Waals surface area contributed by atoms with Gasteiger partial charge in [-0.05, 0) is 37.6 Å². The Morgan fingerprint density at radius 2 is 1.97 bits per heavy atom. The molecule has 7 nitrogen and oxygen atoms in total. The minimum absolute atomic E-state index is 0.114. The van der Waals surface area contributed by atoms with Crippen LogP contribution in [0.5, 0.6) is 0 Å². The maximum Gasteiger partial charge on any atom is 0.234 e. The van der Waals surface area contributed by atoms with E-state index in [0.717, 1.165) is 25.5 Å². The summed E-state index contributed by atoms with van der Waals surface area (Å²) in [4.78, 5) is 38.8. The Morgan fingerprint density at radius 1 is 1.14 bits per heavy atom. The first kappa shape index (κ1) is 19.7. The van der Waals surface area contributed by atoms with Crippen LogP contribution in [0.3, 0.4) is 0 Å². The maximum atomic E-state index is 12.5. The summed E-state index contributed by atoms with van der Waals surface area (Å²) in [6.45, 7) is 5.57. The largest absolute Gasteiger partial charge is 0.325 e. The van der Waals surface area contributed by atoms with Gasteiger partial charge in [0.15, 0.2) is 5.13 Å². The molecule has 0 aliphatic carbocycles. The fraction of sp³-hybridized carbons (Fsp3) is 0.211. The van der Waals surface area contributed by atoms with Crippen molar-refractivity contribution in [3.8, 4) is 0 Å². The van der Waals surface area contributed by atoms with E-state index in [1.54, 1.807) is 23.7 Å². The lowest BCUT2D eigenvalue weighted by Crippen LogP contribution is -2.14. The molecule has 4 rings (SSSR count). The van der Waals surface area contributed by atoms with Crippen LogP contribution in [0.2, 0.25) is 0 Å². The molecule has 0 aliphatic heterocycles. The monoisotopic (exact) mass is 443 g/mol. The highest BCUT2D eigenvalue weighted by molar-refractivity contribution is 8.00. The molecule has 2 amide bonds. The average Bonchev–Trinajstić information content (AvgIpc) is 3.19. The van der Waals surface area contributed by atoms with Crippen molar-refractivity contribution in [3.63, 3.8) is 0 Å². The zero-order valence-corrected chi connectivity index (χ0v) is 18.3. The van der Waals surface area contributed by atoms with Crippen LogP contribution in [0.25, 0.3) is 20.4 Å². The molecule has 0 atom stereocenters. The zero-order chi connectivity index (χ0) is 20.5. The molecule has 3 aromatic heterocycles. The van der Waals surface area contributed by atoms with Crippen molar-refractivity contribution in [3.05, 3.63) is 35.0 Å². The quantitative estimate of drug-likeness (QED) is 0.345. The number of hydrogen-bond acceptors (Lipinski definition) is 8. The molecule has 0 saturated heterocycles. The van der Waals surface area contributed by atoms with Crippen molar-refractivity contribution in [1.29, 1.82) is 0 Å². The molecule has 148 valence electrons.